The molecule has 1 aliphatic carbocycles. The van der Waals surface area contributed by atoms with Crippen molar-refractivity contribution in [3.8, 4) is 0 Å². The number of carboxylic acids is 1. The minimum absolute atomic E-state index is 0.270. The standard InChI is InChI=1S/C9H15NO.C4H8O2/c11-8-6-9(7-10-8)4-2-1-3-5-9;1-2-3-4(5)6/h1-7H2,(H,10,11);2-3H2,1H3,(H,5,6). The Kier molecular flexibility index (Phi) is 5.45. The van der Waals surface area contributed by atoms with Crippen LogP contribution in [0.2, 0.25) is 0 Å². The largest absolute Gasteiger partial charge is 0.481 e. The first kappa shape index (κ1) is 14.0. The van der Waals surface area contributed by atoms with E-state index in [0.29, 0.717) is 11.8 Å². The SMILES string of the molecule is CCCC(=O)O.O=C1CC2(CCCCC2)CN1. The number of carbonyl (C=O) groups excluding carboxylic acids is 1. The summed E-state index contributed by atoms with van der Waals surface area (Å²) in [4.78, 5) is 20.6. The summed E-state index contributed by atoms with van der Waals surface area (Å²) in [7, 11) is 0. The maximum absolute atomic E-state index is 11.0. The highest BCUT2D eigenvalue weighted by Crippen LogP contribution is 2.40. The van der Waals surface area contributed by atoms with Gasteiger partial charge in [0, 0.05) is 19.4 Å². The lowest BCUT2D eigenvalue weighted by Gasteiger charge is -2.31. The molecule has 1 saturated heterocycles. The number of carbonyl (C=O) groups is 2. The van der Waals surface area contributed by atoms with Crippen LogP contribution in [0.15, 0.2) is 0 Å². The summed E-state index contributed by atoms with van der Waals surface area (Å²) in [6.07, 6.45) is 8.39. The third-order valence-electron chi connectivity index (χ3n) is 3.57. The second-order valence-electron chi connectivity index (χ2n) is 5.16. The van der Waals surface area contributed by atoms with E-state index in [2.05, 4.69) is 5.32 Å². The maximum atomic E-state index is 11.0. The lowest BCUT2D eigenvalue weighted by atomic mass is 9.73. The third-order valence-corrected chi connectivity index (χ3v) is 3.57. The molecule has 0 bridgehead atoms. The Morgan fingerprint density at radius 2 is 2.00 bits per heavy atom. The van der Waals surface area contributed by atoms with Gasteiger partial charge in [-0.3, -0.25) is 9.59 Å². The molecule has 2 rings (SSSR count). The van der Waals surface area contributed by atoms with E-state index in [1.165, 1.54) is 32.1 Å². The van der Waals surface area contributed by atoms with E-state index in [1.807, 2.05) is 6.92 Å². The van der Waals surface area contributed by atoms with Crippen molar-refractivity contribution in [3.63, 3.8) is 0 Å². The number of hydrogen-bond acceptors (Lipinski definition) is 2. The molecule has 98 valence electrons. The van der Waals surface area contributed by atoms with Crippen LogP contribution in [0.25, 0.3) is 0 Å². The Balaban J connectivity index is 0.000000209. The summed E-state index contributed by atoms with van der Waals surface area (Å²) in [5.74, 6) is -0.440. The van der Waals surface area contributed by atoms with Crippen LogP contribution in [0.4, 0.5) is 0 Å². The monoisotopic (exact) mass is 241 g/mol. The maximum Gasteiger partial charge on any atom is 0.303 e. The summed E-state index contributed by atoms with van der Waals surface area (Å²) < 4.78 is 0. The molecule has 1 spiro atoms. The molecule has 1 aliphatic heterocycles. The van der Waals surface area contributed by atoms with E-state index in [-0.39, 0.29) is 5.91 Å². The lowest BCUT2D eigenvalue weighted by molar-refractivity contribution is -0.137. The summed E-state index contributed by atoms with van der Waals surface area (Å²) >= 11 is 0. The Morgan fingerprint density at radius 1 is 1.35 bits per heavy atom. The van der Waals surface area contributed by atoms with Crippen LogP contribution in [0.3, 0.4) is 0 Å². The fourth-order valence-electron chi connectivity index (χ4n) is 2.62. The smallest absolute Gasteiger partial charge is 0.303 e. The van der Waals surface area contributed by atoms with E-state index in [9.17, 15) is 9.59 Å². The van der Waals surface area contributed by atoms with Gasteiger partial charge in [-0.25, -0.2) is 0 Å². The van der Waals surface area contributed by atoms with Crippen molar-refractivity contribution in [2.75, 3.05) is 6.54 Å². The van der Waals surface area contributed by atoms with Crippen molar-refractivity contribution < 1.29 is 14.7 Å². The molecule has 4 heteroatoms. The molecule has 1 heterocycles. The Bertz CT molecular complexity index is 270. The van der Waals surface area contributed by atoms with Crippen molar-refractivity contribution in [1.82, 2.24) is 5.32 Å². The molecule has 1 amide bonds. The number of carboxylic acid groups (broad SMARTS) is 1. The van der Waals surface area contributed by atoms with Gasteiger partial charge in [-0.15, -0.1) is 0 Å². The van der Waals surface area contributed by atoms with E-state index in [1.54, 1.807) is 0 Å². The van der Waals surface area contributed by atoms with Crippen molar-refractivity contribution in [2.45, 2.75) is 58.3 Å². The minimum atomic E-state index is -0.711. The molecule has 17 heavy (non-hydrogen) atoms. The molecule has 0 atom stereocenters. The van der Waals surface area contributed by atoms with Gasteiger partial charge < -0.3 is 10.4 Å². The first-order valence-electron chi connectivity index (χ1n) is 6.56. The van der Waals surface area contributed by atoms with Crippen LogP contribution >= 0.6 is 0 Å². The quantitative estimate of drug-likeness (QED) is 0.779. The molecule has 0 aromatic heterocycles. The molecule has 4 nitrogen and oxygen atoms in total. The van der Waals surface area contributed by atoms with Crippen LogP contribution in [0.5, 0.6) is 0 Å². The predicted molar refractivity (Wildman–Crippen MR) is 65.7 cm³/mol. The minimum Gasteiger partial charge on any atom is -0.481 e. The van der Waals surface area contributed by atoms with Crippen LogP contribution < -0.4 is 5.32 Å². The van der Waals surface area contributed by atoms with Crippen molar-refractivity contribution in [2.24, 2.45) is 5.41 Å². The molecular weight excluding hydrogens is 218 g/mol. The molecule has 0 radical (unpaired) electrons. The molecule has 0 unspecified atom stereocenters. The summed E-state index contributed by atoms with van der Waals surface area (Å²) in [5.41, 5.74) is 0.384. The van der Waals surface area contributed by atoms with Crippen LogP contribution in [0, 0.1) is 5.41 Å². The average Bonchev–Trinajstić information content (AvgIpc) is 2.61. The van der Waals surface area contributed by atoms with Gasteiger partial charge in [0.25, 0.3) is 0 Å². The van der Waals surface area contributed by atoms with Gasteiger partial charge in [-0.2, -0.15) is 0 Å². The number of hydrogen-bond donors (Lipinski definition) is 2. The second kappa shape index (κ2) is 6.62. The van der Waals surface area contributed by atoms with Crippen LogP contribution in [0.1, 0.15) is 58.3 Å². The predicted octanol–water partition coefficient (Wildman–Crippen LogP) is 2.33. The molecule has 2 aliphatic rings. The first-order valence-corrected chi connectivity index (χ1v) is 6.56. The number of aliphatic carboxylic acids is 1. The molecule has 2 N–H and O–H groups in total. The second-order valence-corrected chi connectivity index (χ2v) is 5.16. The van der Waals surface area contributed by atoms with E-state index >= 15 is 0 Å². The number of amides is 1. The van der Waals surface area contributed by atoms with Gasteiger partial charge >= 0.3 is 5.97 Å². The topological polar surface area (TPSA) is 66.4 Å². The number of rotatable bonds is 2. The van der Waals surface area contributed by atoms with Gasteiger partial charge in [0.05, 0.1) is 0 Å². The zero-order chi connectivity index (χ0) is 12.7. The molecule has 0 aromatic rings. The summed E-state index contributed by atoms with van der Waals surface area (Å²) in [6, 6.07) is 0. The van der Waals surface area contributed by atoms with Gasteiger partial charge in [0.15, 0.2) is 0 Å². The van der Waals surface area contributed by atoms with Gasteiger partial charge in [-0.05, 0) is 24.7 Å². The summed E-state index contributed by atoms with van der Waals surface area (Å²) in [5, 5.41) is 10.9. The molecule has 2 fully saturated rings. The normalized spacial score (nSPS) is 21.6. The van der Waals surface area contributed by atoms with Gasteiger partial charge in [0.1, 0.15) is 0 Å². The van der Waals surface area contributed by atoms with E-state index < -0.39 is 5.97 Å². The molecule has 1 saturated carbocycles. The fraction of sp³-hybridized carbons (Fsp3) is 0.846. The van der Waals surface area contributed by atoms with Gasteiger partial charge in [-0.1, -0.05) is 26.2 Å². The molecular formula is C13H23NO3. The summed E-state index contributed by atoms with van der Waals surface area (Å²) in [6.45, 7) is 2.79. The first-order chi connectivity index (χ1) is 8.08. The highest BCUT2D eigenvalue weighted by molar-refractivity contribution is 5.79. The Labute approximate surface area is 103 Å². The van der Waals surface area contributed by atoms with Crippen molar-refractivity contribution in [1.29, 1.82) is 0 Å². The highest BCUT2D eigenvalue weighted by Gasteiger charge is 2.38. The van der Waals surface area contributed by atoms with Crippen molar-refractivity contribution in [3.05, 3.63) is 0 Å². The third kappa shape index (κ3) is 4.75. The highest BCUT2D eigenvalue weighted by atomic mass is 16.4. The van der Waals surface area contributed by atoms with Crippen LogP contribution in [-0.2, 0) is 9.59 Å². The zero-order valence-corrected chi connectivity index (χ0v) is 10.6. The fourth-order valence-corrected chi connectivity index (χ4v) is 2.62. The van der Waals surface area contributed by atoms with E-state index in [4.69, 9.17) is 5.11 Å². The van der Waals surface area contributed by atoms with Gasteiger partial charge in [0.2, 0.25) is 5.91 Å². The van der Waals surface area contributed by atoms with Crippen LogP contribution in [-0.4, -0.2) is 23.5 Å². The number of nitrogens with one attached hydrogen (secondary N) is 1. The Hall–Kier alpha value is -1.06. The van der Waals surface area contributed by atoms with E-state index in [0.717, 1.165) is 19.4 Å². The zero-order valence-electron chi connectivity index (χ0n) is 10.6. The molecule has 0 aromatic carbocycles. The Morgan fingerprint density at radius 3 is 2.35 bits per heavy atom. The average molecular weight is 241 g/mol. The van der Waals surface area contributed by atoms with Crippen molar-refractivity contribution >= 4 is 11.9 Å². The lowest BCUT2D eigenvalue weighted by Crippen LogP contribution is -2.26.